The Morgan fingerprint density at radius 1 is 1.15 bits per heavy atom. The predicted molar refractivity (Wildman–Crippen MR) is 129 cm³/mol. The van der Waals surface area contributed by atoms with Crippen LogP contribution in [0, 0.1) is 5.92 Å². The molecule has 0 aromatic heterocycles. The Morgan fingerprint density at radius 3 is 2.76 bits per heavy atom. The summed E-state index contributed by atoms with van der Waals surface area (Å²) in [5.41, 5.74) is 3.42. The fourth-order valence-corrected chi connectivity index (χ4v) is 4.29. The molecule has 0 saturated carbocycles. The summed E-state index contributed by atoms with van der Waals surface area (Å²) in [5, 5.41) is 16.4. The number of nitrogens with one attached hydrogen (secondary N) is 2. The molecule has 2 aromatic rings. The Hall–Kier alpha value is -3.51. The van der Waals surface area contributed by atoms with Gasteiger partial charge in [0, 0.05) is 5.92 Å². The molecule has 0 saturated heterocycles. The number of benzene rings is 2. The van der Waals surface area contributed by atoms with Gasteiger partial charge in [-0.3, -0.25) is 4.79 Å². The summed E-state index contributed by atoms with van der Waals surface area (Å²) in [6.45, 7) is 2.18. The lowest BCUT2D eigenvalue weighted by Crippen LogP contribution is -2.38. The van der Waals surface area contributed by atoms with E-state index in [2.05, 4.69) is 22.8 Å². The molecule has 3 N–H and O–H groups in total. The van der Waals surface area contributed by atoms with Gasteiger partial charge >= 0.3 is 0 Å². The normalized spacial score (nSPS) is 19.3. The molecule has 33 heavy (non-hydrogen) atoms. The number of amides is 1. The van der Waals surface area contributed by atoms with Gasteiger partial charge in [-0.2, -0.15) is 0 Å². The first kappa shape index (κ1) is 22.7. The zero-order valence-electron chi connectivity index (χ0n) is 19.0. The first-order valence-corrected chi connectivity index (χ1v) is 11.3. The van der Waals surface area contributed by atoms with E-state index in [1.54, 1.807) is 7.11 Å². The first-order valence-electron chi connectivity index (χ1n) is 11.3. The summed E-state index contributed by atoms with van der Waals surface area (Å²) in [4.78, 5) is 13.3. The Kier molecular flexibility index (Phi) is 7.15. The summed E-state index contributed by atoms with van der Waals surface area (Å²) in [6, 6.07) is 13.1. The Labute approximate surface area is 194 Å². The van der Waals surface area contributed by atoms with E-state index >= 15 is 0 Å². The van der Waals surface area contributed by atoms with Crippen molar-refractivity contribution in [1.29, 1.82) is 0 Å². The number of hydrogen-bond donors (Lipinski definition) is 3. The second kappa shape index (κ2) is 10.4. The lowest BCUT2D eigenvalue weighted by atomic mass is 9.88. The third-order valence-corrected chi connectivity index (χ3v) is 5.99. The standard InChI is InChI=1S/C27H30N2O4/c1-3-33-26-12-11-19(18-7-6-8-22(14-18)32-2)15-24(26)27(31)29-21(17-30)13-20-16-28-25-10-5-4-9-23(20)25/h4-12,14-16,21,23,25,28,30H,3,13,17H2,1-2H3,(H,29,31)/t21-,23?,25?/m1/s1. The molecule has 0 spiro atoms. The maximum atomic E-state index is 13.3. The molecule has 1 aliphatic carbocycles. The van der Waals surface area contributed by atoms with Gasteiger partial charge in [0.1, 0.15) is 11.5 Å². The molecule has 1 heterocycles. The molecule has 1 amide bonds. The largest absolute Gasteiger partial charge is 0.497 e. The Balaban J connectivity index is 1.54. The summed E-state index contributed by atoms with van der Waals surface area (Å²) in [7, 11) is 1.63. The van der Waals surface area contributed by atoms with Crippen molar-refractivity contribution in [3.63, 3.8) is 0 Å². The van der Waals surface area contributed by atoms with Gasteiger partial charge < -0.3 is 25.2 Å². The molecule has 172 valence electrons. The van der Waals surface area contributed by atoms with Crippen LogP contribution in [-0.4, -0.2) is 43.4 Å². The lowest BCUT2D eigenvalue weighted by Gasteiger charge is -2.23. The third-order valence-electron chi connectivity index (χ3n) is 5.99. The number of methoxy groups -OCH3 is 1. The third kappa shape index (κ3) is 5.12. The number of aliphatic hydroxyl groups is 1. The SMILES string of the molecule is CCOc1ccc(-c2cccc(OC)c2)cc1C(=O)N[C@@H](CO)CC1=CNC2C=CC=CC12. The van der Waals surface area contributed by atoms with Crippen molar-refractivity contribution in [2.45, 2.75) is 25.4 Å². The molecule has 6 heteroatoms. The minimum atomic E-state index is -0.404. The molecule has 4 rings (SSSR count). The first-order chi connectivity index (χ1) is 16.1. The van der Waals surface area contributed by atoms with Crippen LogP contribution in [0.5, 0.6) is 11.5 Å². The van der Waals surface area contributed by atoms with E-state index in [4.69, 9.17) is 9.47 Å². The predicted octanol–water partition coefficient (Wildman–Crippen LogP) is 3.84. The van der Waals surface area contributed by atoms with Gasteiger partial charge in [0.15, 0.2) is 0 Å². The molecular formula is C27H30N2O4. The maximum Gasteiger partial charge on any atom is 0.255 e. The smallest absolute Gasteiger partial charge is 0.255 e. The van der Waals surface area contributed by atoms with E-state index in [0.29, 0.717) is 24.3 Å². The van der Waals surface area contributed by atoms with Crippen LogP contribution in [0.1, 0.15) is 23.7 Å². The molecule has 3 atom stereocenters. The molecule has 0 bridgehead atoms. The monoisotopic (exact) mass is 446 g/mol. The second-order valence-electron chi connectivity index (χ2n) is 8.14. The van der Waals surface area contributed by atoms with Crippen LogP contribution >= 0.6 is 0 Å². The minimum Gasteiger partial charge on any atom is -0.497 e. The Morgan fingerprint density at radius 2 is 1.97 bits per heavy atom. The van der Waals surface area contributed by atoms with Crippen molar-refractivity contribution < 1.29 is 19.4 Å². The Bertz CT molecular complexity index is 1090. The minimum absolute atomic E-state index is 0.153. The number of rotatable bonds is 9. The molecule has 2 aliphatic rings. The van der Waals surface area contributed by atoms with Crippen molar-refractivity contribution in [3.8, 4) is 22.6 Å². The topological polar surface area (TPSA) is 79.8 Å². The number of carbonyl (C=O) groups excluding carboxylic acids is 1. The van der Waals surface area contributed by atoms with Crippen molar-refractivity contribution in [2.24, 2.45) is 5.92 Å². The van der Waals surface area contributed by atoms with Gasteiger partial charge in [-0.1, -0.05) is 42.5 Å². The average Bonchev–Trinajstić information content (AvgIpc) is 3.26. The maximum absolute atomic E-state index is 13.3. The van der Waals surface area contributed by atoms with E-state index in [9.17, 15) is 9.90 Å². The number of ether oxygens (including phenoxy) is 2. The fourth-order valence-electron chi connectivity index (χ4n) is 4.29. The van der Waals surface area contributed by atoms with Crippen LogP contribution in [0.25, 0.3) is 11.1 Å². The van der Waals surface area contributed by atoms with Crippen molar-refractivity contribution >= 4 is 5.91 Å². The van der Waals surface area contributed by atoms with Crippen LogP contribution in [0.2, 0.25) is 0 Å². The zero-order valence-corrected chi connectivity index (χ0v) is 19.0. The second-order valence-corrected chi connectivity index (χ2v) is 8.14. The van der Waals surface area contributed by atoms with Crippen molar-refractivity contribution in [3.05, 3.63) is 84.1 Å². The van der Waals surface area contributed by atoms with Gasteiger partial charge in [0.25, 0.3) is 5.91 Å². The highest BCUT2D eigenvalue weighted by atomic mass is 16.5. The van der Waals surface area contributed by atoms with E-state index in [1.165, 1.54) is 0 Å². The van der Waals surface area contributed by atoms with Gasteiger partial charge in [-0.15, -0.1) is 0 Å². The molecule has 0 radical (unpaired) electrons. The summed E-state index contributed by atoms with van der Waals surface area (Å²) >= 11 is 0. The van der Waals surface area contributed by atoms with E-state index < -0.39 is 6.04 Å². The van der Waals surface area contributed by atoms with Crippen molar-refractivity contribution in [2.75, 3.05) is 20.3 Å². The molecular weight excluding hydrogens is 416 g/mol. The summed E-state index contributed by atoms with van der Waals surface area (Å²) < 4.78 is 11.1. The van der Waals surface area contributed by atoms with Gasteiger partial charge in [0.2, 0.25) is 0 Å². The molecule has 1 aliphatic heterocycles. The van der Waals surface area contributed by atoms with Crippen LogP contribution in [0.4, 0.5) is 0 Å². The van der Waals surface area contributed by atoms with Gasteiger partial charge in [0.05, 0.1) is 38.0 Å². The lowest BCUT2D eigenvalue weighted by molar-refractivity contribution is 0.0912. The molecule has 2 unspecified atom stereocenters. The van der Waals surface area contributed by atoms with Crippen LogP contribution < -0.4 is 20.1 Å². The number of allylic oxidation sites excluding steroid dienone is 2. The highest BCUT2D eigenvalue weighted by Crippen LogP contribution is 2.31. The van der Waals surface area contributed by atoms with Gasteiger partial charge in [-0.25, -0.2) is 0 Å². The summed E-state index contributed by atoms with van der Waals surface area (Å²) in [6.07, 6.45) is 10.9. The van der Waals surface area contributed by atoms with Crippen LogP contribution in [-0.2, 0) is 0 Å². The average molecular weight is 447 g/mol. The fraction of sp³-hybridized carbons (Fsp3) is 0.296. The number of fused-ring (bicyclic) bond motifs is 1. The highest BCUT2D eigenvalue weighted by Gasteiger charge is 2.29. The van der Waals surface area contributed by atoms with Gasteiger partial charge in [-0.05, 0) is 60.5 Å². The molecule has 6 nitrogen and oxygen atoms in total. The quantitative estimate of drug-likeness (QED) is 0.545. The number of carbonyl (C=O) groups is 1. The van der Waals surface area contributed by atoms with Crippen LogP contribution in [0.15, 0.2) is 78.5 Å². The zero-order chi connectivity index (χ0) is 23.2. The van der Waals surface area contributed by atoms with E-state index in [0.717, 1.165) is 22.4 Å². The van der Waals surface area contributed by atoms with Crippen LogP contribution in [0.3, 0.4) is 0 Å². The summed E-state index contributed by atoms with van der Waals surface area (Å²) in [5.74, 6) is 1.23. The number of hydrogen-bond acceptors (Lipinski definition) is 5. The van der Waals surface area contributed by atoms with E-state index in [1.807, 2.05) is 67.7 Å². The van der Waals surface area contributed by atoms with Crippen molar-refractivity contribution in [1.82, 2.24) is 10.6 Å². The highest BCUT2D eigenvalue weighted by molar-refractivity contribution is 5.98. The van der Waals surface area contributed by atoms with E-state index in [-0.39, 0.29) is 24.5 Å². The molecule has 2 aromatic carbocycles. The number of aliphatic hydroxyl groups excluding tert-OH is 1. The molecule has 0 fully saturated rings.